The predicted octanol–water partition coefficient (Wildman–Crippen LogP) is 1.76. The third-order valence-corrected chi connectivity index (χ3v) is 3.60. The van der Waals surface area contributed by atoms with Gasteiger partial charge in [0.2, 0.25) is 0 Å². The molecule has 0 aromatic carbocycles. The van der Waals surface area contributed by atoms with Gasteiger partial charge in [-0.25, -0.2) is 0 Å². The van der Waals surface area contributed by atoms with Crippen molar-refractivity contribution in [1.29, 1.82) is 0 Å². The van der Waals surface area contributed by atoms with Crippen LogP contribution in [0.2, 0.25) is 0 Å². The van der Waals surface area contributed by atoms with Gasteiger partial charge in [0.1, 0.15) is 18.5 Å². The van der Waals surface area contributed by atoms with Crippen molar-refractivity contribution in [3.05, 3.63) is 24.0 Å². The fourth-order valence-corrected chi connectivity index (χ4v) is 1.99. The highest BCUT2D eigenvalue weighted by Gasteiger charge is 2.21. The summed E-state index contributed by atoms with van der Waals surface area (Å²) in [7, 11) is 0. The van der Waals surface area contributed by atoms with E-state index in [1.165, 1.54) is 12.8 Å². The van der Waals surface area contributed by atoms with Crippen LogP contribution in [0.25, 0.3) is 0 Å². The summed E-state index contributed by atoms with van der Waals surface area (Å²) in [4.78, 5) is 0. The fourth-order valence-electron chi connectivity index (χ4n) is 1.52. The number of hydrogen-bond donors (Lipinski definition) is 2. The molecular weight excluding hydrogens is 317 g/mol. The zero-order valence-corrected chi connectivity index (χ0v) is 11.4. The van der Waals surface area contributed by atoms with Gasteiger partial charge >= 0.3 is 0 Å². The highest BCUT2D eigenvalue weighted by molar-refractivity contribution is 14.1. The van der Waals surface area contributed by atoms with Crippen LogP contribution < -0.4 is 5.32 Å². The maximum atomic E-state index is 9.67. The van der Waals surface area contributed by atoms with Gasteiger partial charge in [-0.05, 0) is 31.4 Å². The molecule has 3 nitrogen and oxygen atoms in total. The van der Waals surface area contributed by atoms with E-state index in [0.717, 1.165) is 12.2 Å². The number of hydrogen-bond acceptors (Lipinski definition) is 3. The lowest BCUT2D eigenvalue weighted by Gasteiger charge is -2.16. The molecule has 0 amide bonds. The van der Waals surface area contributed by atoms with Crippen molar-refractivity contribution in [3.8, 4) is 0 Å². The average molecular weight is 335 g/mol. The molecule has 1 fully saturated rings. The van der Waals surface area contributed by atoms with E-state index < -0.39 is 6.10 Å². The number of aliphatic hydroxyl groups excluding tert-OH is 1. The van der Waals surface area contributed by atoms with E-state index in [1.807, 2.05) is 6.08 Å². The molecule has 0 aromatic rings. The summed E-state index contributed by atoms with van der Waals surface area (Å²) in [5, 5.41) is 13.0. The summed E-state index contributed by atoms with van der Waals surface area (Å²) in [6.45, 7) is 1.01. The first-order valence-electron chi connectivity index (χ1n) is 5.80. The van der Waals surface area contributed by atoms with Gasteiger partial charge in [0.25, 0.3) is 0 Å². The Morgan fingerprint density at radius 1 is 1.56 bits per heavy atom. The van der Waals surface area contributed by atoms with Gasteiger partial charge in [-0.2, -0.15) is 0 Å². The second kappa shape index (κ2) is 6.02. The van der Waals surface area contributed by atoms with Crippen LogP contribution in [0, 0.1) is 0 Å². The zero-order chi connectivity index (χ0) is 11.4. The molecule has 1 saturated carbocycles. The fraction of sp³-hybridized carbons (Fsp3) is 0.667. The van der Waals surface area contributed by atoms with Crippen LogP contribution in [0.15, 0.2) is 24.0 Å². The maximum Gasteiger partial charge on any atom is 0.115 e. The van der Waals surface area contributed by atoms with Crippen molar-refractivity contribution in [1.82, 2.24) is 5.32 Å². The second-order valence-electron chi connectivity index (χ2n) is 4.36. The van der Waals surface area contributed by atoms with E-state index in [0.29, 0.717) is 23.1 Å². The van der Waals surface area contributed by atoms with Gasteiger partial charge < -0.3 is 15.2 Å². The third kappa shape index (κ3) is 4.43. The number of aliphatic hydroxyl groups is 1. The molecule has 2 aliphatic carbocycles. The van der Waals surface area contributed by atoms with Crippen molar-refractivity contribution >= 4 is 22.6 Å². The van der Waals surface area contributed by atoms with Crippen LogP contribution in [0.3, 0.4) is 0 Å². The van der Waals surface area contributed by atoms with Gasteiger partial charge in [0, 0.05) is 16.5 Å². The minimum absolute atomic E-state index is 0.377. The maximum absolute atomic E-state index is 9.67. The van der Waals surface area contributed by atoms with E-state index in [2.05, 4.69) is 40.1 Å². The minimum atomic E-state index is -0.410. The highest BCUT2D eigenvalue weighted by atomic mass is 127. The summed E-state index contributed by atoms with van der Waals surface area (Å²) in [5.41, 5.74) is 0. The van der Waals surface area contributed by atoms with Crippen LogP contribution >= 0.6 is 22.6 Å². The van der Waals surface area contributed by atoms with Gasteiger partial charge in [-0.1, -0.05) is 28.7 Å². The van der Waals surface area contributed by atoms with Gasteiger partial charge in [0.05, 0.1) is 0 Å². The van der Waals surface area contributed by atoms with Crippen molar-refractivity contribution in [2.24, 2.45) is 0 Å². The molecule has 0 radical (unpaired) electrons. The lowest BCUT2D eigenvalue weighted by atomic mass is 10.2. The molecular formula is C12H18INO2. The Balaban J connectivity index is 1.60. The molecule has 0 bridgehead atoms. The lowest BCUT2D eigenvalue weighted by Crippen LogP contribution is -2.31. The monoisotopic (exact) mass is 335 g/mol. The predicted molar refractivity (Wildman–Crippen MR) is 72.6 cm³/mol. The smallest absolute Gasteiger partial charge is 0.115 e. The molecule has 16 heavy (non-hydrogen) atoms. The zero-order valence-electron chi connectivity index (χ0n) is 9.23. The quantitative estimate of drug-likeness (QED) is 0.574. The molecule has 0 aliphatic heterocycles. The van der Waals surface area contributed by atoms with E-state index in [-0.39, 0.29) is 0 Å². The second-order valence-corrected chi connectivity index (χ2v) is 5.96. The number of alkyl halides is 1. The summed E-state index contributed by atoms with van der Waals surface area (Å²) in [5.74, 6) is 0.887. The van der Waals surface area contributed by atoms with Gasteiger partial charge in [-0.15, -0.1) is 0 Å². The molecule has 0 spiro atoms. The molecule has 0 saturated heterocycles. The van der Waals surface area contributed by atoms with Crippen molar-refractivity contribution in [2.75, 3.05) is 13.2 Å². The molecule has 90 valence electrons. The first-order chi connectivity index (χ1) is 7.74. The molecule has 2 aliphatic rings. The molecule has 2 N–H and O–H groups in total. The van der Waals surface area contributed by atoms with E-state index in [4.69, 9.17) is 4.74 Å². The summed E-state index contributed by atoms with van der Waals surface area (Å²) in [6, 6.07) is 0.642. The van der Waals surface area contributed by atoms with Crippen molar-refractivity contribution in [3.63, 3.8) is 0 Å². The molecule has 0 heterocycles. The first kappa shape index (κ1) is 12.4. The summed E-state index contributed by atoms with van der Waals surface area (Å²) >= 11 is 2.39. The van der Waals surface area contributed by atoms with Gasteiger partial charge in [-0.3, -0.25) is 0 Å². The largest absolute Gasteiger partial charge is 0.491 e. The van der Waals surface area contributed by atoms with E-state index >= 15 is 0 Å². The van der Waals surface area contributed by atoms with Gasteiger partial charge in [0.15, 0.2) is 0 Å². The van der Waals surface area contributed by atoms with Crippen LogP contribution in [0.5, 0.6) is 0 Å². The van der Waals surface area contributed by atoms with Crippen LogP contribution in [0.1, 0.15) is 19.3 Å². The van der Waals surface area contributed by atoms with E-state index in [1.54, 1.807) is 0 Å². The molecule has 2 atom stereocenters. The number of rotatable bonds is 6. The third-order valence-electron chi connectivity index (χ3n) is 2.68. The van der Waals surface area contributed by atoms with Crippen LogP contribution in [0.4, 0.5) is 0 Å². The standard InChI is InChI=1S/C12H18INO2/c13-9-1-5-12(6-2-9)16-8-11(15)7-14-10-3-4-10/h1,5-6,9-11,14-15H,2-4,7-8H2. The molecule has 2 unspecified atom stereocenters. The number of halogens is 1. The van der Waals surface area contributed by atoms with Crippen molar-refractivity contribution < 1.29 is 9.84 Å². The van der Waals surface area contributed by atoms with E-state index in [9.17, 15) is 5.11 Å². The Bertz CT molecular complexity index is 287. The molecule has 4 heteroatoms. The number of allylic oxidation sites excluding steroid dienone is 3. The highest BCUT2D eigenvalue weighted by Crippen LogP contribution is 2.19. The first-order valence-corrected chi connectivity index (χ1v) is 7.05. The lowest BCUT2D eigenvalue weighted by molar-refractivity contribution is 0.0746. The van der Waals surface area contributed by atoms with Crippen LogP contribution in [-0.2, 0) is 4.74 Å². The number of nitrogens with one attached hydrogen (secondary N) is 1. The Morgan fingerprint density at radius 3 is 3.00 bits per heavy atom. The molecule has 0 aromatic heterocycles. The normalized spacial score (nSPS) is 26.4. The SMILES string of the molecule is OC(CNC1CC1)COC1=CCC(I)C=C1. The van der Waals surface area contributed by atoms with Crippen LogP contribution in [-0.4, -0.2) is 34.3 Å². The Kier molecular flexibility index (Phi) is 4.66. The minimum Gasteiger partial charge on any atom is -0.491 e. The summed E-state index contributed by atoms with van der Waals surface area (Å²) in [6.07, 6.45) is 9.30. The number of ether oxygens (including phenoxy) is 1. The summed E-state index contributed by atoms with van der Waals surface area (Å²) < 4.78 is 6.10. The Labute approximate surface area is 110 Å². The Morgan fingerprint density at radius 2 is 2.38 bits per heavy atom. The van der Waals surface area contributed by atoms with Crippen molar-refractivity contribution in [2.45, 2.75) is 35.3 Å². The topological polar surface area (TPSA) is 41.5 Å². The average Bonchev–Trinajstić information content (AvgIpc) is 3.09. The molecule has 2 rings (SSSR count). The Hall–Kier alpha value is -0.0700.